The minimum Gasteiger partial charge on any atom is -0.398 e. The summed E-state index contributed by atoms with van der Waals surface area (Å²) in [6, 6.07) is 2.25. The molecule has 6 heteroatoms. The molecule has 1 aromatic carbocycles. The molecule has 3 nitrogen and oxygen atoms in total. The second-order valence-corrected chi connectivity index (χ2v) is 2.86. The van der Waals surface area contributed by atoms with E-state index in [-0.39, 0.29) is 5.69 Å². The van der Waals surface area contributed by atoms with E-state index in [9.17, 15) is 13.2 Å². The van der Waals surface area contributed by atoms with E-state index in [1.54, 1.807) is 0 Å². The van der Waals surface area contributed by atoms with Gasteiger partial charge in [0, 0.05) is 5.39 Å². The number of benzene rings is 1. The number of nitrogen functional groups attached to an aromatic ring is 1. The Morgan fingerprint density at radius 3 is 2.64 bits per heavy atom. The van der Waals surface area contributed by atoms with E-state index >= 15 is 0 Å². The maximum absolute atomic E-state index is 12.4. The maximum Gasteiger partial charge on any atom is 0.418 e. The van der Waals surface area contributed by atoms with Crippen molar-refractivity contribution in [3.63, 3.8) is 0 Å². The van der Waals surface area contributed by atoms with Crippen LogP contribution >= 0.6 is 0 Å². The topological polar surface area (TPSA) is 54.7 Å². The molecule has 0 bridgehead atoms. The summed E-state index contributed by atoms with van der Waals surface area (Å²) in [4.78, 5) is 0. The molecule has 0 aliphatic rings. The van der Waals surface area contributed by atoms with E-state index in [0.717, 1.165) is 6.07 Å². The molecular weight excluding hydrogens is 195 g/mol. The number of aromatic amines is 1. The molecule has 1 heterocycles. The zero-order chi connectivity index (χ0) is 10.3. The number of nitrogens with two attached hydrogens (primary N) is 1. The lowest BCUT2D eigenvalue weighted by Crippen LogP contribution is -2.08. The van der Waals surface area contributed by atoms with Crippen LogP contribution in [0.15, 0.2) is 18.3 Å². The zero-order valence-corrected chi connectivity index (χ0v) is 6.89. The van der Waals surface area contributed by atoms with Gasteiger partial charge in [0.2, 0.25) is 0 Å². The average molecular weight is 201 g/mol. The minimum absolute atomic E-state index is 0.288. The lowest BCUT2D eigenvalue weighted by atomic mass is 10.1. The molecule has 2 aromatic rings. The molecule has 0 saturated heterocycles. The van der Waals surface area contributed by atoms with Crippen molar-refractivity contribution in [2.24, 2.45) is 0 Å². The predicted octanol–water partition coefficient (Wildman–Crippen LogP) is 2.16. The number of anilines is 1. The third kappa shape index (κ3) is 1.19. The van der Waals surface area contributed by atoms with Crippen LogP contribution in [0, 0.1) is 0 Å². The van der Waals surface area contributed by atoms with Gasteiger partial charge in [0.15, 0.2) is 0 Å². The smallest absolute Gasteiger partial charge is 0.398 e. The first-order valence-electron chi connectivity index (χ1n) is 3.79. The number of hydrogen-bond donors (Lipinski definition) is 2. The Labute approximate surface area is 76.7 Å². The first-order valence-corrected chi connectivity index (χ1v) is 3.79. The number of nitrogens with one attached hydrogen (secondary N) is 1. The Morgan fingerprint density at radius 2 is 2.00 bits per heavy atom. The summed E-state index contributed by atoms with van der Waals surface area (Å²) in [5, 5.41) is 6.45. The number of halogens is 3. The molecule has 0 aliphatic heterocycles. The molecule has 2 rings (SSSR count). The van der Waals surface area contributed by atoms with E-state index in [1.807, 2.05) is 0 Å². The van der Waals surface area contributed by atoms with Gasteiger partial charge in [0.05, 0.1) is 23.0 Å². The molecular formula is C8H6F3N3. The fourth-order valence-electron chi connectivity index (χ4n) is 1.29. The summed E-state index contributed by atoms with van der Waals surface area (Å²) in [6.45, 7) is 0. The van der Waals surface area contributed by atoms with Crippen LogP contribution < -0.4 is 5.73 Å². The van der Waals surface area contributed by atoms with Gasteiger partial charge in [-0.05, 0) is 12.1 Å². The number of nitrogens with zero attached hydrogens (tertiary/aromatic N) is 1. The summed E-state index contributed by atoms with van der Waals surface area (Å²) in [6.07, 6.45) is -3.14. The Hall–Kier alpha value is -1.72. The number of fused-ring (bicyclic) bond motifs is 1. The van der Waals surface area contributed by atoms with Gasteiger partial charge in [-0.15, -0.1) is 0 Å². The van der Waals surface area contributed by atoms with E-state index in [0.29, 0.717) is 10.9 Å². The first kappa shape index (κ1) is 8.86. The largest absolute Gasteiger partial charge is 0.418 e. The van der Waals surface area contributed by atoms with Crippen LogP contribution in [-0.4, -0.2) is 10.2 Å². The lowest BCUT2D eigenvalue weighted by molar-refractivity contribution is -0.136. The Kier molecular flexibility index (Phi) is 1.67. The number of aromatic nitrogens is 2. The van der Waals surface area contributed by atoms with Crippen molar-refractivity contribution in [3.8, 4) is 0 Å². The maximum atomic E-state index is 12.4. The molecule has 14 heavy (non-hydrogen) atoms. The second kappa shape index (κ2) is 2.63. The number of alkyl halides is 3. The summed E-state index contributed by atoms with van der Waals surface area (Å²) in [5.74, 6) is 0. The highest BCUT2D eigenvalue weighted by molar-refractivity contribution is 5.91. The van der Waals surface area contributed by atoms with Crippen molar-refractivity contribution in [1.29, 1.82) is 0 Å². The second-order valence-electron chi connectivity index (χ2n) is 2.86. The monoisotopic (exact) mass is 201 g/mol. The van der Waals surface area contributed by atoms with Gasteiger partial charge in [-0.3, -0.25) is 5.10 Å². The van der Waals surface area contributed by atoms with Gasteiger partial charge >= 0.3 is 6.18 Å². The molecule has 0 aliphatic carbocycles. The van der Waals surface area contributed by atoms with Crippen LogP contribution in [0.5, 0.6) is 0 Å². The zero-order valence-electron chi connectivity index (χ0n) is 6.89. The van der Waals surface area contributed by atoms with Crippen LogP contribution in [0.2, 0.25) is 0 Å². The van der Waals surface area contributed by atoms with E-state index in [1.165, 1.54) is 12.3 Å². The van der Waals surface area contributed by atoms with Crippen molar-refractivity contribution in [2.75, 3.05) is 5.73 Å². The van der Waals surface area contributed by atoms with Crippen molar-refractivity contribution in [3.05, 3.63) is 23.9 Å². The van der Waals surface area contributed by atoms with Gasteiger partial charge in [-0.25, -0.2) is 0 Å². The third-order valence-electron chi connectivity index (χ3n) is 1.97. The predicted molar refractivity (Wildman–Crippen MR) is 45.5 cm³/mol. The molecule has 0 atom stereocenters. The minimum atomic E-state index is -4.42. The quantitative estimate of drug-likeness (QED) is 0.641. The molecule has 0 spiro atoms. The van der Waals surface area contributed by atoms with Gasteiger partial charge < -0.3 is 5.73 Å². The molecule has 0 amide bonds. The fraction of sp³-hybridized carbons (Fsp3) is 0.125. The average Bonchev–Trinajstić information content (AvgIpc) is 2.50. The highest BCUT2D eigenvalue weighted by atomic mass is 19.4. The number of H-pyrrole nitrogens is 1. The van der Waals surface area contributed by atoms with Crippen LogP contribution in [-0.2, 0) is 6.18 Å². The van der Waals surface area contributed by atoms with Gasteiger partial charge in [-0.1, -0.05) is 0 Å². The van der Waals surface area contributed by atoms with E-state index in [2.05, 4.69) is 10.2 Å². The summed E-state index contributed by atoms with van der Waals surface area (Å²) in [5.41, 5.74) is 4.75. The third-order valence-corrected chi connectivity index (χ3v) is 1.97. The van der Waals surface area contributed by atoms with Crippen LogP contribution in [0.3, 0.4) is 0 Å². The molecule has 0 saturated carbocycles. The summed E-state index contributed by atoms with van der Waals surface area (Å²) >= 11 is 0. The SMILES string of the molecule is Nc1c(C(F)(F)F)ccc2[nH]ncc12. The normalized spacial score (nSPS) is 12.2. The number of hydrogen-bond acceptors (Lipinski definition) is 2. The molecule has 74 valence electrons. The van der Waals surface area contributed by atoms with Crippen molar-refractivity contribution < 1.29 is 13.2 Å². The lowest BCUT2D eigenvalue weighted by Gasteiger charge is -2.09. The standard InChI is InChI=1S/C8H6F3N3/c9-8(10,11)5-1-2-6-4(7(5)12)3-13-14-6/h1-3H,12H2,(H,13,14). The van der Waals surface area contributed by atoms with Crippen molar-refractivity contribution in [2.45, 2.75) is 6.18 Å². The Bertz CT molecular complexity index is 472. The highest BCUT2D eigenvalue weighted by Gasteiger charge is 2.33. The van der Waals surface area contributed by atoms with Crippen LogP contribution in [0.4, 0.5) is 18.9 Å². The molecule has 3 N–H and O–H groups in total. The van der Waals surface area contributed by atoms with Gasteiger partial charge in [0.1, 0.15) is 0 Å². The number of rotatable bonds is 0. The Morgan fingerprint density at radius 1 is 1.29 bits per heavy atom. The van der Waals surface area contributed by atoms with E-state index in [4.69, 9.17) is 5.73 Å². The summed E-state index contributed by atoms with van der Waals surface area (Å²) < 4.78 is 37.1. The summed E-state index contributed by atoms with van der Waals surface area (Å²) in [7, 11) is 0. The van der Waals surface area contributed by atoms with Crippen LogP contribution in [0.25, 0.3) is 10.9 Å². The molecule has 0 radical (unpaired) electrons. The first-order chi connectivity index (χ1) is 6.50. The molecule has 0 unspecified atom stereocenters. The van der Waals surface area contributed by atoms with Gasteiger partial charge in [0.25, 0.3) is 0 Å². The Balaban J connectivity index is 2.74. The van der Waals surface area contributed by atoms with Crippen molar-refractivity contribution in [1.82, 2.24) is 10.2 Å². The highest BCUT2D eigenvalue weighted by Crippen LogP contribution is 2.36. The van der Waals surface area contributed by atoms with Crippen molar-refractivity contribution >= 4 is 16.6 Å². The fourth-order valence-corrected chi connectivity index (χ4v) is 1.29. The van der Waals surface area contributed by atoms with E-state index < -0.39 is 11.7 Å². The molecule has 1 aromatic heterocycles. The van der Waals surface area contributed by atoms with Crippen LogP contribution in [0.1, 0.15) is 5.56 Å². The molecule has 0 fully saturated rings. The van der Waals surface area contributed by atoms with Gasteiger partial charge in [-0.2, -0.15) is 18.3 Å².